The van der Waals surface area contributed by atoms with Crippen LogP contribution in [0.2, 0.25) is 5.02 Å². The Hall–Kier alpha value is -2.34. The minimum absolute atomic E-state index is 0.0279. The van der Waals surface area contributed by atoms with Gasteiger partial charge in [-0.2, -0.15) is 0 Å². The van der Waals surface area contributed by atoms with Crippen molar-refractivity contribution >= 4 is 29.1 Å². The number of benzene rings is 1. The molecule has 2 atom stereocenters. The molecule has 2 aromatic rings. The van der Waals surface area contributed by atoms with E-state index in [0.29, 0.717) is 5.56 Å². The molecule has 1 aliphatic rings. The summed E-state index contributed by atoms with van der Waals surface area (Å²) in [5.41, 5.74) is 0.360. The van der Waals surface area contributed by atoms with E-state index < -0.39 is 5.82 Å². The zero-order valence-electron chi connectivity index (χ0n) is 15.5. The van der Waals surface area contributed by atoms with E-state index in [2.05, 4.69) is 15.6 Å². The van der Waals surface area contributed by atoms with Gasteiger partial charge in [-0.05, 0) is 43.2 Å². The van der Waals surface area contributed by atoms with Crippen molar-refractivity contribution in [1.29, 1.82) is 0 Å². The van der Waals surface area contributed by atoms with Crippen molar-refractivity contribution in [2.75, 3.05) is 24.3 Å². The van der Waals surface area contributed by atoms with Crippen LogP contribution in [0.25, 0.3) is 0 Å². The number of carbonyl (C=O) groups excluding carboxylic acids is 1. The lowest BCUT2D eigenvalue weighted by molar-refractivity contribution is 0.0923. The number of rotatable bonds is 5. The molecule has 2 N–H and O–H groups in total. The van der Waals surface area contributed by atoms with Crippen LogP contribution in [-0.4, -0.2) is 37.1 Å². The maximum Gasteiger partial charge on any atom is 0.251 e. The van der Waals surface area contributed by atoms with Gasteiger partial charge in [0, 0.05) is 31.7 Å². The second kappa shape index (κ2) is 8.57. The van der Waals surface area contributed by atoms with Crippen LogP contribution in [-0.2, 0) is 0 Å². The molecule has 1 fully saturated rings. The highest BCUT2D eigenvalue weighted by molar-refractivity contribution is 6.31. The number of nitrogens with one attached hydrogen (secondary N) is 2. The largest absolute Gasteiger partial charge is 0.365 e. The summed E-state index contributed by atoms with van der Waals surface area (Å²) in [5.74, 6) is 0.886. The Bertz CT molecular complexity index is 814. The molecule has 3 rings (SSSR count). The predicted octanol–water partition coefficient (Wildman–Crippen LogP) is 4.09. The van der Waals surface area contributed by atoms with Crippen LogP contribution >= 0.6 is 11.6 Å². The number of hydrogen-bond donors (Lipinski definition) is 2. The predicted molar refractivity (Wildman–Crippen MR) is 107 cm³/mol. The van der Waals surface area contributed by atoms with Gasteiger partial charge in [-0.3, -0.25) is 4.79 Å². The Morgan fingerprint density at radius 2 is 1.93 bits per heavy atom. The fraction of sp³-hybridized carbons (Fsp3) is 0.400. The van der Waals surface area contributed by atoms with E-state index in [1.165, 1.54) is 18.2 Å². The molecule has 7 heteroatoms. The van der Waals surface area contributed by atoms with Gasteiger partial charge in [0.25, 0.3) is 5.91 Å². The van der Waals surface area contributed by atoms with E-state index >= 15 is 0 Å². The molecule has 0 bridgehead atoms. The summed E-state index contributed by atoms with van der Waals surface area (Å²) in [6.07, 6.45) is 3.98. The van der Waals surface area contributed by atoms with Crippen molar-refractivity contribution in [2.45, 2.75) is 37.8 Å². The van der Waals surface area contributed by atoms with Gasteiger partial charge in [-0.1, -0.05) is 30.5 Å². The third kappa shape index (κ3) is 4.89. The molecule has 144 valence electrons. The van der Waals surface area contributed by atoms with Crippen LogP contribution in [0.1, 0.15) is 36.0 Å². The second-order valence-electron chi connectivity index (χ2n) is 7.02. The Balaban J connectivity index is 1.70. The average Bonchev–Trinajstić information content (AvgIpc) is 2.65. The van der Waals surface area contributed by atoms with Crippen LogP contribution in [0.15, 0.2) is 36.4 Å². The molecule has 2 unspecified atom stereocenters. The summed E-state index contributed by atoms with van der Waals surface area (Å²) in [6.45, 7) is 0. The van der Waals surface area contributed by atoms with Crippen molar-refractivity contribution < 1.29 is 9.18 Å². The van der Waals surface area contributed by atoms with Gasteiger partial charge in [0.15, 0.2) is 0 Å². The van der Waals surface area contributed by atoms with Gasteiger partial charge in [0.1, 0.15) is 17.5 Å². The molecule has 0 spiro atoms. The van der Waals surface area contributed by atoms with Crippen molar-refractivity contribution in [2.24, 2.45) is 0 Å². The Morgan fingerprint density at radius 3 is 2.63 bits per heavy atom. The number of pyridine rings is 1. The van der Waals surface area contributed by atoms with Gasteiger partial charge < -0.3 is 15.5 Å². The molecular formula is C20H24ClFN4O. The molecular weight excluding hydrogens is 367 g/mol. The molecule has 5 nitrogen and oxygen atoms in total. The Labute approximate surface area is 163 Å². The van der Waals surface area contributed by atoms with Crippen molar-refractivity contribution in [3.05, 3.63) is 52.8 Å². The highest BCUT2D eigenvalue weighted by Gasteiger charge is 2.27. The monoisotopic (exact) mass is 390 g/mol. The first kappa shape index (κ1) is 19.4. The van der Waals surface area contributed by atoms with E-state index in [9.17, 15) is 9.18 Å². The maximum atomic E-state index is 13.3. The smallest absolute Gasteiger partial charge is 0.251 e. The average molecular weight is 391 g/mol. The summed E-state index contributed by atoms with van der Waals surface area (Å²) in [4.78, 5) is 19.1. The number of aromatic nitrogens is 1. The summed E-state index contributed by atoms with van der Waals surface area (Å²) < 4.78 is 13.3. The lowest BCUT2D eigenvalue weighted by Gasteiger charge is -2.33. The number of amides is 1. The van der Waals surface area contributed by atoms with Crippen LogP contribution in [0.5, 0.6) is 0 Å². The van der Waals surface area contributed by atoms with Crippen LogP contribution in [0, 0.1) is 5.82 Å². The van der Waals surface area contributed by atoms with E-state index in [0.717, 1.165) is 37.3 Å². The highest BCUT2D eigenvalue weighted by Crippen LogP contribution is 2.23. The van der Waals surface area contributed by atoms with E-state index in [1.807, 2.05) is 37.2 Å². The van der Waals surface area contributed by atoms with Gasteiger partial charge >= 0.3 is 0 Å². The first-order valence-corrected chi connectivity index (χ1v) is 9.48. The summed E-state index contributed by atoms with van der Waals surface area (Å²) >= 11 is 5.80. The van der Waals surface area contributed by atoms with Crippen LogP contribution < -0.4 is 15.5 Å². The first-order chi connectivity index (χ1) is 12.9. The minimum Gasteiger partial charge on any atom is -0.365 e. The topological polar surface area (TPSA) is 57.3 Å². The van der Waals surface area contributed by atoms with Gasteiger partial charge in [-0.15, -0.1) is 0 Å². The quantitative estimate of drug-likeness (QED) is 0.807. The van der Waals surface area contributed by atoms with Crippen molar-refractivity contribution in [3.8, 4) is 0 Å². The molecule has 27 heavy (non-hydrogen) atoms. The molecule has 1 amide bonds. The van der Waals surface area contributed by atoms with Crippen molar-refractivity contribution in [1.82, 2.24) is 10.3 Å². The second-order valence-corrected chi connectivity index (χ2v) is 7.43. The lowest BCUT2D eigenvalue weighted by atomic mass is 9.90. The number of hydrogen-bond acceptors (Lipinski definition) is 4. The molecule has 0 radical (unpaired) electrons. The van der Waals surface area contributed by atoms with Gasteiger partial charge in [0.05, 0.1) is 5.02 Å². The number of halogens is 2. The van der Waals surface area contributed by atoms with Gasteiger partial charge in [0.2, 0.25) is 0 Å². The molecule has 1 heterocycles. The zero-order valence-corrected chi connectivity index (χ0v) is 16.3. The lowest BCUT2D eigenvalue weighted by Crippen LogP contribution is -2.48. The molecule has 1 aromatic carbocycles. The minimum atomic E-state index is -0.530. The Morgan fingerprint density at radius 1 is 1.19 bits per heavy atom. The standard InChI is InChI=1S/C20H24ClFN4O/c1-26(2)19-9-5-8-18(25-19)23-16-6-3-4-7-17(16)24-20(27)13-10-11-15(22)14(21)12-13/h5,8-12,16-17H,3-4,6-7H2,1-2H3,(H,23,25)(H,24,27). The Kier molecular flexibility index (Phi) is 6.16. The fourth-order valence-corrected chi connectivity index (χ4v) is 3.49. The fourth-order valence-electron chi connectivity index (χ4n) is 3.31. The molecule has 1 aliphatic carbocycles. The van der Waals surface area contributed by atoms with E-state index in [1.54, 1.807) is 0 Å². The number of anilines is 2. The summed E-state index contributed by atoms with van der Waals surface area (Å²) in [6, 6.07) is 9.92. The highest BCUT2D eigenvalue weighted by atomic mass is 35.5. The van der Waals surface area contributed by atoms with Crippen LogP contribution in [0.3, 0.4) is 0 Å². The molecule has 0 saturated heterocycles. The van der Waals surface area contributed by atoms with Crippen LogP contribution in [0.4, 0.5) is 16.0 Å². The van der Waals surface area contributed by atoms with E-state index in [-0.39, 0.29) is 23.0 Å². The summed E-state index contributed by atoms with van der Waals surface area (Å²) in [7, 11) is 3.90. The maximum absolute atomic E-state index is 13.3. The first-order valence-electron chi connectivity index (χ1n) is 9.11. The SMILES string of the molecule is CN(C)c1cccc(NC2CCCCC2NC(=O)c2ccc(F)c(Cl)c2)n1. The third-order valence-electron chi connectivity index (χ3n) is 4.79. The third-order valence-corrected chi connectivity index (χ3v) is 5.08. The molecule has 1 aromatic heterocycles. The summed E-state index contributed by atoms with van der Waals surface area (Å²) in [5, 5.41) is 6.48. The zero-order chi connectivity index (χ0) is 19.4. The number of carbonyl (C=O) groups is 1. The molecule has 1 saturated carbocycles. The normalized spacial score (nSPS) is 19.4. The van der Waals surface area contributed by atoms with Gasteiger partial charge in [-0.25, -0.2) is 9.37 Å². The van der Waals surface area contributed by atoms with E-state index in [4.69, 9.17) is 11.6 Å². The van der Waals surface area contributed by atoms with Crippen molar-refractivity contribution in [3.63, 3.8) is 0 Å². The number of nitrogens with zero attached hydrogens (tertiary/aromatic N) is 2. The molecule has 0 aliphatic heterocycles.